The fourth-order valence-corrected chi connectivity index (χ4v) is 5.28. The molecule has 4 aromatic rings. The highest BCUT2D eigenvalue weighted by atomic mass is 35.6. The summed E-state index contributed by atoms with van der Waals surface area (Å²) >= 11 is 17.0. The number of hydrogen-bond donors (Lipinski definition) is 1. The fourth-order valence-electron chi connectivity index (χ4n) is 5.14. The van der Waals surface area contributed by atoms with E-state index in [2.05, 4.69) is 0 Å². The van der Waals surface area contributed by atoms with Gasteiger partial charge in [-0.1, -0.05) is 156 Å². The molecule has 2 amide bonds. The molecule has 258 valence electrons. The maximum atomic E-state index is 13.0. The fraction of sp³-hybridized carbons (Fsp3) is 0.297. The number of benzene rings is 4. The Kier molecular flexibility index (Phi) is 13.9. The van der Waals surface area contributed by atoms with Crippen LogP contribution < -0.4 is 5.32 Å². The van der Waals surface area contributed by atoms with E-state index in [1.165, 1.54) is 0 Å². The van der Waals surface area contributed by atoms with Gasteiger partial charge in [-0.2, -0.15) is 0 Å². The van der Waals surface area contributed by atoms with Gasteiger partial charge in [0.25, 0.3) is 9.70 Å². The van der Waals surface area contributed by atoms with Crippen molar-refractivity contribution in [2.45, 2.75) is 60.9 Å². The van der Waals surface area contributed by atoms with Crippen molar-refractivity contribution in [3.05, 3.63) is 144 Å². The molecule has 12 heteroatoms. The molecule has 0 bridgehead atoms. The predicted octanol–water partition coefficient (Wildman–Crippen LogP) is 7.31. The first-order valence-corrected chi connectivity index (χ1v) is 16.7. The number of alkyl halides is 3. The molecule has 1 aliphatic heterocycles. The summed E-state index contributed by atoms with van der Waals surface area (Å²) in [5.74, 6) is -1.19. The molecule has 0 aliphatic carbocycles. The molecule has 1 heterocycles. The van der Waals surface area contributed by atoms with Gasteiger partial charge >= 0.3 is 6.09 Å². The van der Waals surface area contributed by atoms with Crippen molar-refractivity contribution >= 4 is 46.8 Å². The lowest BCUT2D eigenvalue weighted by molar-refractivity contribution is -0.315. The van der Waals surface area contributed by atoms with E-state index in [1.807, 2.05) is 127 Å². The van der Waals surface area contributed by atoms with Crippen molar-refractivity contribution < 1.29 is 38.0 Å². The van der Waals surface area contributed by atoms with E-state index in [-0.39, 0.29) is 26.4 Å². The van der Waals surface area contributed by atoms with Crippen molar-refractivity contribution in [1.29, 1.82) is 0 Å². The quantitative estimate of drug-likeness (QED) is 0.135. The topological polar surface area (TPSA) is 102 Å². The Balaban J connectivity index is 1.46. The van der Waals surface area contributed by atoms with E-state index in [0.29, 0.717) is 6.61 Å². The van der Waals surface area contributed by atoms with Gasteiger partial charge in [-0.3, -0.25) is 10.1 Å². The van der Waals surface area contributed by atoms with Crippen LogP contribution in [0.1, 0.15) is 22.3 Å². The molecule has 49 heavy (non-hydrogen) atoms. The first-order valence-electron chi connectivity index (χ1n) is 15.6. The van der Waals surface area contributed by atoms with Crippen LogP contribution in [-0.2, 0) is 59.6 Å². The minimum absolute atomic E-state index is 0.0412. The normalized spacial score (nSPS) is 20.8. The third-order valence-electron chi connectivity index (χ3n) is 7.54. The van der Waals surface area contributed by atoms with E-state index < -0.39 is 46.5 Å². The molecule has 5 atom stereocenters. The summed E-state index contributed by atoms with van der Waals surface area (Å²) in [7, 11) is 0. The van der Waals surface area contributed by atoms with Gasteiger partial charge in [0.15, 0.2) is 0 Å². The third-order valence-corrected chi connectivity index (χ3v) is 8.05. The summed E-state index contributed by atoms with van der Waals surface area (Å²) in [6.07, 6.45) is -6.06. The molecule has 1 saturated heterocycles. The number of amides is 2. The third kappa shape index (κ3) is 11.5. The number of alkyl carbamates (subject to hydrolysis) is 1. The van der Waals surface area contributed by atoms with Crippen LogP contribution in [0.2, 0.25) is 0 Å². The van der Waals surface area contributed by atoms with Crippen LogP contribution in [0.15, 0.2) is 121 Å². The number of hydrogen-bond acceptors (Lipinski definition) is 8. The predicted molar refractivity (Wildman–Crippen MR) is 185 cm³/mol. The molecule has 0 saturated carbocycles. The first-order chi connectivity index (χ1) is 23.8. The zero-order valence-corrected chi connectivity index (χ0v) is 28.6. The van der Waals surface area contributed by atoms with Gasteiger partial charge in [0.1, 0.15) is 24.4 Å². The Morgan fingerprint density at radius 3 is 1.45 bits per heavy atom. The summed E-state index contributed by atoms with van der Waals surface area (Å²) in [5, 5.41) is 1.94. The second kappa shape index (κ2) is 18.5. The van der Waals surface area contributed by atoms with Gasteiger partial charge in [-0.05, 0) is 22.3 Å². The van der Waals surface area contributed by atoms with Crippen molar-refractivity contribution in [2.75, 3.05) is 6.61 Å². The van der Waals surface area contributed by atoms with E-state index in [1.54, 1.807) is 0 Å². The van der Waals surface area contributed by atoms with Crippen molar-refractivity contribution in [2.24, 2.45) is 0 Å². The summed E-state index contributed by atoms with van der Waals surface area (Å²) in [6, 6.07) is 38.4. The van der Waals surface area contributed by atoms with Gasteiger partial charge in [0.2, 0.25) is 6.29 Å². The van der Waals surface area contributed by atoms with Crippen LogP contribution in [0.25, 0.3) is 0 Å². The summed E-state index contributed by atoms with van der Waals surface area (Å²) in [5.41, 5.74) is 3.64. The number of rotatable bonds is 14. The minimum atomic E-state index is -2.40. The lowest BCUT2D eigenvalue weighted by Gasteiger charge is -2.45. The molecule has 4 aromatic carbocycles. The number of carbonyl (C=O) groups is 2. The van der Waals surface area contributed by atoms with E-state index in [0.717, 1.165) is 22.3 Å². The summed E-state index contributed by atoms with van der Waals surface area (Å²) < 4.78 is 35.3. The van der Waals surface area contributed by atoms with Crippen LogP contribution in [0.5, 0.6) is 0 Å². The molecule has 9 nitrogen and oxygen atoms in total. The monoisotopic (exact) mass is 727 g/mol. The average molecular weight is 729 g/mol. The number of carbonyl (C=O) groups excluding carboxylic acids is 2. The van der Waals surface area contributed by atoms with Crippen LogP contribution >= 0.6 is 34.8 Å². The highest BCUT2D eigenvalue weighted by Gasteiger charge is 2.50. The lowest BCUT2D eigenvalue weighted by atomic mass is 9.97. The second-order valence-electron chi connectivity index (χ2n) is 11.2. The maximum Gasteiger partial charge on any atom is 0.416 e. The van der Waals surface area contributed by atoms with Crippen molar-refractivity contribution in [3.8, 4) is 0 Å². The maximum absolute atomic E-state index is 13.0. The van der Waals surface area contributed by atoms with Crippen LogP contribution in [0.3, 0.4) is 0 Å². The second-order valence-corrected chi connectivity index (χ2v) is 13.5. The van der Waals surface area contributed by atoms with Crippen LogP contribution in [-0.4, -0.2) is 53.1 Å². The Bertz CT molecular complexity index is 1580. The largest absolute Gasteiger partial charge is 0.416 e. The number of halogens is 3. The molecule has 0 spiro atoms. The molecule has 0 aromatic heterocycles. The summed E-state index contributed by atoms with van der Waals surface area (Å²) in [4.78, 5) is 25.3. The Hall–Kier alpha value is -3.51. The first kappa shape index (κ1) is 36.8. The van der Waals surface area contributed by atoms with Crippen LogP contribution in [0, 0.1) is 0 Å². The molecule has 1 N–H and O–H groups in total. The van der Waals surface area contributed by atoms with Gasteiger partial charge in [0, 0.05) is 0 Å². The van der Waals surface area contributed by atoms with Gasteiger partial charge in [-0.15, -0.1) is 0 Å². The smallest absolute Gasteiger partial charge is 0.416 e. The highest BCUT2D eigenvalue weighted by molar-refractivity contribution is 6.76. The standard InChI is InChI=1S/C37H36Cl3NO8/c38-37(39,40)35(42)41-36(43)49-34-33(47-24-29-19-11-4-12-20-29)32(46-23-28-17-9-3-10-18-28)31(45-22-27-15-7-2-8-16-27)30(48-34)25-44-21-26-13-5-1-6-14-26/h1-20,30-34H,21-25H2,(H,41,42,43)/t30-,31-,32+,33-,34-/m1/s1. The molecule has 0 unspecified atom stereocenters. The molecular formula is C37H36Cl3NO8. The Morgan fingerprint density at radius 2 is 1.00 bits per heavy atom. The number of imide groups is 1. The van der Waals surface area contributed by atoms with Crippen molar-refractivity contribution in [3.63, 3.8) is 0 Å². The minimum Gasteiger partial charge on any atom is -0.416 e. The van der Waals surface area contributed by atoms with E-state index >= 15 is 0 Å². The SMILES string of the molecule is O=C(NC(=O)C(Cl)(Cl)Cl)O[C@H]1O[C@H](COCc2ccccc2)[C@@H](OCc2ccccc2)[C@H](OCc2ccccc2)[C@H]1OCc1ccccc1. The molecule has 5 rings (SSSR count). The van der Waals surface area contributed by atoms with Crippen molar-refractivity contribution in [1.82, 2.24) is 5.32 Å². The molecular weight excluding hydrogens is 693 g/mol. The van der Waals surface area contributed by atoms with E-state index in [9.17, 15) is 9.59 Å². The van der Waals surface area contributed by atoms with Crippen LogP contribution in [0.4, 0.5) is 4.79 Å². The molecule has 1 aliphatic rings. The van der Waals surface area contributed by atoms with Gasteiger partial charge in [0.05, 0.1) is 33.0 Å². The van der Waals surface area contributed by atoms with Gasteiger partial charge < -0.3 is 28.4 Å². The Labute approximate surface area is 300 Å². The molecule has 0 radical (unpaired) electrons. The van der Waals surface area contributed by atoms with E-state index in [4.69, 9.17) is 63.2 Å². The lowest BCUT2D eigenvalue weighted by Crippen LogP contribution is -2.62. The highest BCUT2D eigenvalue weighted by Crippen LogP contribution is 2.32. The molecule has 1 fully saturated rings. The summed E-state index contributed by atoms with van der Waals surface area (Å²) in [6.45, 7) is 0.864. The number of nitrogens with one attached hydrogen (secondary N) is 1. The Morgan fingerprint density at radius 1 is 0.592 bits per heavy atom. The zero-order chi connectivity index (χ0) is 34.5. The zero-order valence-electron chi connectivity index (χ0n) is 26.4. The van der Waals surface area contributed by atoms with Gasteiger partial charge in [-0.25, -0.2) is 4.79 Å². The number of ether oxygens (including phenoxy) is 6. The average Bonchev–Trinajstić information content (AvgIpc) is 3.11.